The molecule has 1 fully saturated rings. The molecule has 3 aromatic rings. The van der Waals surface area contributed by atoms with Gasteiger partial charge in [0.2, 0.25) is 5.91 Å². The molecule has 1 aliphatic rings. The van der Waals surface area contributed by atoms with Crippen LogP contribution < -0.4 is 5.32 Å². The molecule has 1 saturated heterocycles. The van der Waals surface area contributed by atoms with Crippen molar-refractivity contribution in [2.45, 2.75) is 56.6 Å². The summed E-state index contributed by atoms with van der Waals surface area (Å²) in [7, 11) is 0. The molecule has 31 heavy (non-hydrogen) atoms. The van der Waals surface area contributed by atoms with Crippen molar-refractivity contribution in [2.75, 3.05) is 18.4 Å². The highest BCUT2D eigenvalue weighted by Crippen LogP contribution is 2.25. The van der Waals surface area contributed by atoms with Crippen LogP contribution in [0.25, 0.3) is 0 Å². The monoisotopic (exact) mass is 440 g/mol. The zero-order chi connectivity index (χ0) is 21.6. The number of nitrogens with one attached hydrogen (secondary N) is 1. The molecule has 0 spiro atoms. The van der Waals surface area contributed by atoms with Crippen LogP contribution in [0.5, 0.6) is 0 Å². The molecule has 0 saturated carbocycles. The van der Waals surface area contributed by atoms with Gasteiger partial charge in [-0.1, -0.05) is 53.7 Å². The van der Waals surface area contributed by atoms with Gasteiger partial charge in [0, 0.05) is 6.07 Å². The summed E-state index contributed by atoms with van der Waals surface area (Å²) in [4.78, 5) is 15.1. The smallest absolute Gasteiger partial charge is 0.238 e. The summed E-state index contributed by atoms with van der Waals surface area (Å²) in [6, 6.07) is 12.0. The first kappa shape index (κ1) is 21.6. The number of thioether (sulfide) groups is 1. The third-order valence-corrected chi connectivity index (χ3v) is 6.40. The molecule has 8 nitrogen and oxygen atoms in total. The normalized spacial score (nSPS) is 15.7. The number of carbonyl (C=O) groups excluding carboxylic acids is 1. The lowest BCUT2D eigenvalue weighted by molar-refractivity contribution is -0.115. The molecule has 0 unspecified atom stereocenters. The Kier molecular flexibility index (Phi) is 7.03. The van der Waals surface area contributed by atoms with Crippen LogP contribution in [0.2, 0.25) is 0 Å². The SMILES string of the molecule is Cc1cc(NC(=O)[C@H](C)Sc2nnc(CN3CCCCC3)n2Cc2ccccc2)no1. The van der Waals surface area contributed by atoms with E-state index in [9.17, 15) is 4.79 Å². The van der Waals surface area contributed by atoms with Crippen molar-refractivity contribution < 1.29 is 9.32 Å². The summed E-state index contributed by atoms with van der Waals surface area (Å²) in [6.07, 6.45) is 3.76. The van der Waals surface area contributed by atoms with Gasteiger partial charge in [-0.05, 0) is 45.3 Å². The van der Waals surface area contributed by atoms with E-state index >= 15 is 0 Å². The first-order valence-corrected chi connectivity index (χ1v) is 11.6. The molecular formula is C22H28N6O2S. The summed E-state index contributed by atoms with van der Waals surface area (Å²) in [5, 5.41) is 16.0. The van der Waals surface area contributed by atoms with Gasteiger partial charge in [0.05, 0.1) is 18.3 Å². The molecule has 1 aliphatic heterocycles. The third-order valence-electron chi connectivity index (χ3n) is 5.32. The molecule has 1 atom stereocenters. The van der Waals surface area contributed by atoms with Crippen LogP contribution in [0.15, 0.2) is 46.1 Å². The van der Waals surface area contributed by atoms with Crippen molar-refractivity contribution >= 4 is 23.5 Å². The predicted molar refractivity (Wildman–Crippen MR) is 120 cm³/mol. The van der Waals surface area contributed by atoms with Gasteiger partial charge in [-0.25, -0.2) is 0 Å². The Bertz CT molecular complexity index is 997. The van der Waals surface area contributed by atoms with Crippen LogP contribution >= 0.6 is 11.8 Å². The number of benzene rings is 1. The summed E-state index contributed by atoms with van der Waals surface area (Å²) < 4.78 is 7.16. The summed E-state index contributed by atoms with van der Waals surface area (Å²) >= 11 is 1.41. The predicted octanol–water partition coefficient (Wildman–Crippen LogP) is 3.73. The fourth-order valence-corrected chi connectivity index (χ4v) is 4.50. The number of aryl methyl sites for hydroxylation is 1. The summed E-state index contributed by atoms with van der Waals surface area (Å²) in [5.41, 5.74) is 1.18. The van der Waals surface area contributed by atoms with E-state index in [1.54, 1.807) is 13.0 Å². The number of amides is 1. The summed E-state index contributed by atoms with van der Waals surface area (Å²) in [6.45, 7) is 7.29. The Balaban J connectivity index is 1.50. The Morgan fingerprint density at radius 2 is 1.94 bits per heavy atom. The number of hydrogen-bond donors (Lipinski definition) is 1. The standard InChI is InChI=1S/C22H28N6O2S/c1-16-13-19(26-30-16)23-21(29)17(2)31-22-25-24-20(15-27-11-7-4-8-12-27)28(22)14-18-9-5-3-6-10-18/h3,5-6,9-10,13,17H,4,7-8,11-12,14-15H2,1-2H3,(H,23,26,29)/t17-/m0/s1. The molecule has 0 radical (unpaired) electrons. The molecule has 9 heteroatoms. The Hall–Kier alpha value is -2.65. The molecule has 0 aliphatic carbocycles. The van der Waals surface area contributed by atoms with Crippen LogP contribution in [-0.2, 0) is 17.9 Å². The van der Waals surface area contributed by atoms with E-state index in [0.717, 1.165) is 30.6 Å². The number of aromatic nitrogens is 4. The number of anilines is 1. The second-order valence-electron chi connectivity index (χ2n) is 7.88. The molecule has 0 bridgehead atoms. The fraction of sp³-hybridized carbons (Fsp3) is 0.455. The maximum Gasteiger partial charge on any atom is 0.238 e. The number of piperidine rings is 1. The number of hydrogen-bond acceptors (Lipinski definition) is 7. The van der Waals surface area contributed by atoms with Gasteiger partial charge >= 0.3 is 0 Å². The van der Waals surface area contributed by atoms with Gasteiger partial charge in [0.15, 0.2) is 11.0 Å². The molecule has 1 amide bonds. The summed E-state index contributed by atoms with van der Waals surface area (Å²) in [5.74, 6) is 1.87. The zero-order valence-corrected chi connectivity index (χ0v) is 18.8. The largest absolute Gasteiger partial charge is 0.360 e. The number of rotatable bonds is 8. The van der Waals surface area contributed by atoms with Crippen LogP contribution in [0.1, 0.15) is 43.3 Å². The zero-order valence-electron chi connectivity index (χ0n) is 18.0. The minimum atomic E-state index is -0.362. The first-order valence-electron chi connectivity index (χ1n) is 10.7. The van der Waals surface area contributed by atoms with Crippen LogP contribution in [0.4, 0.5) is 5.82 Å². The topological polar surface area (TPSA) is 89.1 Å². The van der Waals surface area contributed by atoms with E-state index in [-0.39, 0.29) is 11.2 Å². The van der Waals surface area contributed by atoms with Gasteiger partial charge in [-0.2, -0.15) is 0 Å². The van der Waals surface area contributed by atoms with E-state index < -0.39 is 0 Å². The van der Waals surface area contributed by atoms with E-state index in [0.29, 0.717) is 18.1 Å². The molecule has 1 aromatic carbocycles. The third kappa shape index (κ3) is 5.74. The Morgan fingerprint density at radius 3 is 2.65 bits per heavy atom. The van der Waals surface area contributed by atoms with Gasteiger partial charge in [-0.3, -0.25) is 9.69 Å². The Morgan fingerprint density at radius 1 is 1.16 bits per heavy atom. The van der Waals surface area contributed by atoms with Crippen LogP contribution in [0, 0.1) is 6.92 Å². The minimum absolute atomic E-state index is 0.148. The van der Waals surface area contributed by atoms with Crippen LogP contribution in [0.3, 0.4) is 0 Å². The van der Waals surface area contributed by atoms with Gasteiger partial charge in [-0.15, -0.1) is 10.2 Å². The van der Waals surface area contributed by atoms with Gasteiger partial charge < -0.3 is 14.4 Å². The molecule has 4 rings (SSSR count). The maximum absolute atomic E-state index is 12.6. The highest BCUT2D eigenvalue weighted by atomic mass is 32.2. The number of likely N-dealkylation sites (tertiary alicyclic amines) is 1. The van der Waals surface area contributed by atoms with E-state index in [4.69, 9.17) is 4.52 Å². The lowest BCUT2D eigenvalue weighted by Gasteiger charge is -2.26. The average molecular weight is 441 g/mol. The van der Waals surface area contributed by atoms with Crippen molar-refractivity contribution in [3.63, 3.8) is 0 Å². The minimum Gasteiger partial charge on any atom is -0.360 e. The second-order valence-corrected chi connectivity index (χ2v) is 9.19. The van der Waals surface area contributed by atoms with Crippen LogP contribution in [-0.4, -0.2) is 49.1 Å². The van der Waals surface area contributed by atoms with Crippen molar-refractivity contribution in [2.24, 2.45) is 0 Å². The quantitative estimate of drug-likeness (QED) is 0.534. The molecule has 3 heterocycles. The molecule has 2 aromatic heterocycles. The lowest BCUT2D eigenvalue weighted by Crippen LogP contribution is -2.30. The molecular weight excluding hydrogens is 412 g/mol. The van der Waals surface area contributed by atoms with E-state index in [1.165, 1.54) is 36.6 Å². The van der Waals surface area contributed by atoms with Crippen molar-refractivity contribution in [3.05, 3.63) is 53.5 Å². The molecule has 164 valence electrons. The highest BCUT2D eigenvalue weighted by molar-refractivity contribution is 8.00. The second kappa shape index (κ2) is 10.1. The highest BCUT2D eigenvalue weighted by Gasteiger charge is 2.22. The fourth-order valence-electron chi connectivity index (χ4n) is 3.63. The maximum atomic E-state index is 12.6. The van der Waals surface area contributed by atoms with Gasteiger partial charge in [0.25, 0.3) is 0 Å². The lowest BCUT2D eigenvalue weighted by atomic mass is 10.1. The average Bonchev–Trinajstić information content (AvgIpc) is 3.35. The first-order chi connectivity index (χ1) is 15.1. The van der Waals surface area contributed by atoms with Gasteiger partial charge in [0.1, 0.15) is 11.6 Å². The van der Waals surface area contributed by atoms with Crippen molar-refractivity contribution in [3.8, 4) is 0 Å². The molecule has 1 N–H and O–H groups in total. The number of nitrogens with zero attached hydrogens (tertiary/aromatic N) is 5. The van der Waals surface area contributed by atoms with Crippen molar-refractivity contribution in [1.29, 1.82) is 0 Å². The van der Waals surface area contributed by atoms with E-state index in [2.05, 4.69) is 42.3 Å². The van der Waals surface area contributed by atoms with Crippen molar-refractivity contribution in [1.82, 2.24) is 24.8 Å². The van der Waals surface area contributed by atoms with E-state index in [1.807, 2.05) is 25.1 Å². The Labute approximate surface area is 186 Å². The number of carbonyl (C=O) groups is 1.